The lowest BCUT2D eigenvalue weighted by Gasteiger charge is -2.27. The van der Waals surface area contributed by atoms with Crippen LogP contribution < -0.4 is 0 Å². The fourth-order valence-electron chi connectivity index (χ4n) is 2.25. The first-order chi connectivity index (χ1) is 9.52. The van der Waals surface area contributed by atoms with E-state index in [0.29, 0.717) is 18.1 Å². The molecular weight excluding hydrogens is 300 g/mol. The minimum Gasteiger partial charge on any atom is -0.338 e. The van der Waals surface area contributed by atoms with E-state index in [4.69, 9.17) is 0 Å². The summed E-state index contributed by atoms with van der Waals surface area (Å²) in [6.45, 7) is 2.57. The zero-order valence-electron chi connectivity index (χ0n) is 11.3. The SMILES string of the molecule is CCCN(C(=O)CSc1ncn[nH]1)[C@@H]1CCS(=O)(=O)C1. The van der Waals surface area contributed by atoms with Crippen molar-refractivity contribution in [1.29, 1.82) is 0 Å². The van der Waals surface area contributed by atoms with Crippen molar-refractivity contribution in [2.24, 2.45) is 0 Å². The van der Waals surface area contributed by atoms with Crippen LogP contribution in [-0.2, 0) is 14.6 Å². The summed E-state index contributed by atoms with van der Waals surface area (Å²) < 4.78 is 23.1. The molecule has 1 atom stereocenters. The molecule has 9 heteroatoms. The maximum absolute atomic E-state index is 12.3. The minimum absolute atomic E-state index is 0.0460. The van der Waals surface area contributed by atoms with E-state index in [1.807, 2.05) is 6.92 Å². The van der Waals surface area contributed by atoms with Crippen molar-refractivity contribution in [2.75, 3.05) is 23.8 Å². The third-order valence-corrected chi connectivity index (χ3v) is 5.77. The van der Waals surface area contributed by atoms with Gasteiger partial charge in [-0.2, -0.15) is 5.10 Å². The molecule has 0 spiro atoms. The Morgan fingerprint density at radius 1 is 1.60 bits per heavy atom. The smallest absolute Gasteiger partial charge is 0.233 e. The van der Waals surface area contributed by atoms with Gasteiger partial charge in [0, 0.05) is 12.6 Å². The molecule has 0 saturated carbocycles. The average molecular weight is 318 g/mol. The van der Waals surface area contributed by atoms with E-state index in [-0.39, 0.29) is 29.2 Å². The predicted octanol–water partition coefficient (Wildman–Crippen LogP) is 0.323. The topological polar surface area (TPSA) is 96.0 Å². The monoisotopic (exact) mass is 318 g/mol. The first-order valence-electron chi connectivity index (χ1n) is 6.50. The zero-order chi connectivity index (χ0) is 14.6. The molecule has 0 radical (unpaired) electrons. The number of H-pyrrole nitrogens is 1. The van der Waals surface area contributed by atoms with Gasteiger partial charge in [0.1, 0.15) is 6.33 Å². The molecule has 1 amide bonds. The van der Waals surface area contributed by atoms with Crippen molar-refractivity contribution in [2.45, 2.75) is 31.0 Å². The molecule has 2 rings (SSSR count). The fraction of sp³-hybridized carbons (Fsp3) is 0.727. The van der Waals surface area contributed by atoms with Crippen LogP contribution in [0.25, 0.3) is 0 Å². The van der Waals surface area contributed by atoms with Crippen molar-refractivity contribution in [3.8, 4) is 0 Å². The lowest BCUT2D eigenvalue weighted by Crippen LogP contribution is -2.42. The Labute approximate surface area is 122 Å². The van der Waals surface area contributed by atoms with Crippen molar-refractivity contribution in [3.63, 3.8) is 0 Å². The number of carbonyl (C=O) groups excluding carboxylic acids is 1. The van der Waals surface area contributed by atoms with Crippen LogP contribution in [0.5, 0.6) is 0 Å². The van der Waals surface area contributed by atoms with Gasteiger partial charge in [0.2, 0.25) is 5.91 Å². The largest absolute Gasteiger partial charge is 0.338 e. The molecule has 1 aliphatic rings. The van der Waals surface area contributed by atoms with Gasteiger partial charge in [0.05, 0.1) is 17.3 Å². The van der Waals surface area contributed by atoms with Crippen LogP contribution in [0.3, 0.4) is 0 Å². The van der Waals surface area contributed by atoms with Crippen LogP contribution in [0, 0.1) is 0 Å². The number of nitrogens with one attached hydrogen (secondary N) is 1. The molecule has 7 nitrogen and oxygen atoms in total. The van der Waals surface area contributed by atoms with Gasteiger partial charge >= 0.3 is 0 Å². The molecule has 1 N–H and O–H groups in total. The summed E-state index contributed by atoms with van der Waals surface area (Å²) in [5.74, 6) is 0.466. The Morgan fingerprint density at radius 2 is 2.40 bits per heavy atom. The molecule has 0 aliphatic carbocycles. The molecule has 0 unspecified atom stereocenters. The lowest BCUT2D eigenvalue weighted by atomic mass is 10.2. The molecule has 1 aliphatic heterocycles. The number of aromatic nitrogens is 3. The highest BCUT2D eigenvalue weighted by atomic mass is 32.2. The predicted molar refractivity (Wildman–Crippen MR) is 76.2 cm³/mol. The van der Waals surface area contributed by atoms with Crippen molar-refractivity contribution in [3.05, 3.63) is 6.33 Å². The van der Waals surface area contributed by atoms with E-state index in [1.165, 1.54) is 18.1 Å². The Morgan fingerprint density at radius 3 is 2.95 bits per heavy atom. The Hall–Kier alpha value is -1.09. The summed E-state index contributed by atoms with van der Waals surface area (Å²) in [6, 6.07) is -0.178. The highest BCUT2D eigenvalue weighted by Crippen LogP contribution is 2.20. The molecule has 20 heavy (non-hydrogen) atoms. The zero-order valence-corrected chi connectivity index (χ0v) is 12.9. The number of amides is 1. The summed E-state index contributed by atoms with van der Waals surface area (Å²) in [6.07, 6.45) is 2.75. The maximum Gasteiger partial charge on any atom is 0.233 e. The second kappa shape index (κ2) is 6.57. The van der Waals surface area contributed by atoms with E-state index >= 15 is 0 Å². The Balaban J connectivity index is 1.95. The molecule has 0 bridgehead atoms. The van der Waals surface area contributed by atoms with Crippen molar-refractivity contribution < 1.29 is 13.2 Å². The highest BCUT2D eigenvalue weighted by molar-refractivity contribution is 7.99. The van der Waals surface area contributed by atoms with E-state index < -0.39 is 9.84 Å². The number of nitrogens with zero attached hydrogens (tertiary/aromatic N) is 3. The second-order valence-electron chi connectivity index (χ2n) is 4.72. The van der Waals surface area contributed by atoms with Gasteiger partial charge in [-0.05, 0) is 12.8 Å². The van der Waals surface area contributed by atoms with Gasteiger partial charge in [-0.25, -0.2) is 13.4 Å². The Bertz CT molecular complexity index is 544. The van der Waals surface area contributed by atoms with Gasteiger partial charge < -0.3 is 4.90 Å². The molecule has 1 fully saturated rings. The van der Waals surface area contributed by atoms with Gasteiger partial charge in [-0.3, -0.25) is 9.89 Å². The molecule has 2 heterocycles. The van der Waals surface area contributed by atoms with E-state index in [1.54, 1.807) is 4.90 Å². The first kappa shape index (κ1) is 15.3. The number of rotatable bonds is 6. The summed E-state index contributed by atoms with van der Waals surface area (Å²) >= 11 is 1.28. The number of sulfone groups is 1. The van der Waals surface area contributed by atoms with E-state index in [2.05, 4.69) is 15.2 Å². The van der Waals surface area contributed by atoms with Gasteiger partial charge in [0.25, 0.3) is 0 Å². The Kier molecular flexibility index (Phi) is 5.03. The van der Waals surface area contributed by atoms with Crippen LogP contribution in [0.2, 0.25) is 0 Å². The third-order valence-electron chi connectivity index (χ3n) is 3.16. The van der Waals surface area contributed by atoms with Gasteiger partial charge in [-0.1, -0.05) is 18.7 Å². The maximum atomic E-state index is 12.3. The first-order valence-corrected chi connectivity index (χ1v) is 9.30. The number of aromatic amines is 1. The van der Waals surface area contributed by atoms with Crippen LogP contribution in [0.15, 0.2) is 11.5 Å². The average Bonchev–Trinajstić information content (AvgIpc) is 3.02. The molecular formula is C11H18N4O3S2. The lowest BCUT2D eigenvalue weighted by molar-refractivity contribution is -0.130. The standard InChI is InChI=1S/C11H18N4O3S2/c1-2-4-15(9-3-5-20(17,18)7-9)10(16)6-19-11-12-8-13-14-11/h8-9H,2-7H2,1H3,(H,12,13,14)/t9-/m1/s1. The molecule has 1 aromatic heterocycles. The minimum atomic E-state index is -2.98. The highest BCUT2D eigenvalue weighted by Gasteiger charge is 2.34. The number of hydrogen-bond acceptors (Lipinski definition) is 6. The normalized spacial score (nSPS) is 20.9. The number of hydrogen-bond donors (Lipinski definition) is 1. The quantitative estimate of drug-likeness (QED) is 0.759. The molecule has 1 saturated heterocycles. The molecule has 112 valence electrons. The van der Waals surface area contributed by atoms with Gasteiger partial charge in [-0.15, -0.1) is 0 Å². The summed E-state index contributed by atoms with van der Waals surface area (Å²) in [5.41, 5.74) is 0. The summed E-state index contributed by atoms with van der Waals surface area (Å²) in [7, 11) is -2.98. The van der Waals surface area contributed by atoms with Crippen LogP contribution >= 0.6 is 11.8 Å². The van der Waals surface area contributed by atoms with Gasteiger partial charge in [0.15, 0.2) is 15.0 Å². The van der Waals surface area contributed by atoms with Crippen LogP contribution in [0.1, 0.15) is 19.8 Å². The van der Waals surface area contributed by atoms with Crippen LogP contribution in [-0.4, -0.2) is 64.3 Å². The number of carbonyl (C=O) groups is 1. The molecule has 0 aromatic carbocycles. The third kappa shape index (κ3) is 3.95. The van der Waals surface area contributed by atoms with Crippen LogP contribution in [0.4, 0.5) is 0 Å². The van der Waals surface area contributed by atoms with Crippen molar-refractivity contribution >= 4 is 27.5 Å². The number of thioether (sulfide) groups is 1. The second-order valence-corrected chi connectivity index (χ2v) is 7.92. The van der Waals surface area contributed by atoms with E-state index in [0.717, 1.165) is 6.42 Å². The fourth-order valence-corrected chi connectivity index (χ4v) is 4.65. The summed E-state index contributed by atoms with van der Waals surface area (Å²) in [5, 5.41) is 6.99. The summed E-state index contributed by atoms with van der Waals surface area (Å²) in [4.78, 5) is 17.9. The van der Waals surface area contributed by atoms with E-state index in [9.17, 15) is 13.2 Å². The molecule has 1 aromatic rings. The van der Waals surface area contributed by atoms with Crippen molar-refractivity contribution in [1.82, 2.24) is 20.1 Å².